The van der Waals surface area contributed by atoms with Gasteiger partial charge in [0.15, 0.2) is 0 Å². The summed E-state index contributed by atoms with van der Waals surface area (Å²) in [6.07, 6.45) is 0. The predicted molar refractivity (Wildman–Crippen MR) is 92.5 cm³/mol. The predicted octanol–water partition coefficient (Wildman–Crippen LogP) is 5.20. The van der Waals surface area contributed by atoms with Crippen molar-refractivity contribution in [2.24, 2.45) is 0 Å². The highest BCUT2D eigenvalue weighted by Crippen LogP contribution is 2.40. The maximum absolute atomic E-state index is 5.85. The minimum absolute atomic E-state index is 0.563. The topological polar surface area (TPSA) is 57.4 Å². The first kappa shape index (κ1) is 14.6. The summed E-state index contributed by atoms with van der Waals surface area (Å²) in [5, 5.41) is 0.563. The van der Waals surface area contributed by atoms with Gasteiger partial charge in [-0.2, -0.15) is 0 Å². The zero-order valence-electron chi connectivity index (χ0n) is 10.9. The first-order valence-electron chi connectivity index (χ1n) is 5.94. The fraction of sp³-hybridized carbons (Fsp3) is 0.0714. The van der Waals surface area contributed by atoms with Gasteiger partial charge in [-0.25, -0.2) is 4.98 Å². The van der Waals surface area contributed by atoms with Crippen molar-refractivity contribution in [3.05, 3.63) is 39.3 Å². The third-order valence-electron chi connectivity index (χ3n) is 2.80. The Balaban J connectivity index is 1.96. The molecule has 0 amide bonds. The molecule has 3 rings (SSSR count). The highest BCUT2D eigenvalue weighted by atomic mass is 79.9. The quantitative estimate of drug-likeness (QED) is 0.581. The van der Waals surface area contributed by atoms with Gasteiger partial charge in [-0.3, -0.25) is 0 Å². The summed E-state index contributed by atoms with van der Waals surface area (Å²) in [6, 6.07) is 9.27. The maximum Gasteiger partial charge on any atom is 0.279 e. The molecule has 1 aromatic heterocycles. The van der Waals surface area contributed by atoms with Crippen LogP contribution in [-0.2, 0) is 0 Å². The van der Waals surface area contributed by atoms with E-state index in [0.717, 1.165) is 24.9 Å². The van der Waals surface area contributed by atoms with Gasteiger partial charge in [-0.05, 0) is 56.1 Å². The molecule has 21 heavy (non-hydrogen) atoms. The lowest BCUT2D eigenvalue weighted by molar-refractivity contribution is 0.409. The summed E-state index contributed by atoms with van der Waals surface area (Å²) in [5.41, 5.74) is 7.35. The first-order valence-corrected chi connectivity index (χ1v) is 8.34. The number of anilines is 1. The zero-order chi connectivity index (χ0) is 15.0. The van der Waals surface area contributed by atoms with Crippen LogP contribution in [0, 0.1) is 0 Å². The molecule has 3 aromatic rings. The molecular weight excluding hydrogens is 420 g/mol. The van der Waals surface area contributed by atoms with Crippen LogP contribution in [0.1, 0.15) is 0 Å². The van der Waals surface area contributed by atoms with Crippen LogP contribution < -0.4 is 15.2 Å². The molecule has 0 spiro atoms. The number of nitrogens with two attached hydrogens (primary N) is 1. The van der Waals surface area contributed by atoms with E-state index in [-0.39, 0.29) is 0 Å². The summed E-state index contributed by atoms with van der Waals surface area (Å²) in [7, 11) is 1.62. The lowest BCUT2D eigenvalue weighted by atomic mass is 10.3. The monoisotopic (exact) mass is 428 g/mol. The smallest absolute Gasteiger partial charge is 0.279 e. The molecule has 0 unspecified atom stereocenters. The standard InChI is InChI=1S/C14H10Br2N2O2S/c1-19-11-5-9(16)12(6-8(11)15)20-14-18-10-3-2-7(17)4-13(10)21-14/h2-6H,17H2,1H3. The van der Waals surface area contributed by atoms with Gasteiger partial charge in [-0.15, -0.1) is 0 Å². The molecule has 0 atom stereocenters. The van der Waals surface area contributed by atoms with Crippen LogP contribution in [0.2, 0.25) is 0 Å². The molecule has 4 nitrogen and oxygen atoms in total. The van der Waals surface area contributed by atoms with Gasteiger partial charge in [0, 0.05) is 11.8 Å². The van der Waals surface area contributed by atoms with Crippen molar-refractivity contribution in [2.75, 3.05) is 12.8 Å². The Morgan fingerprint density at radius 3 is 2.57 bits per heavy atom. The molecule has 0 aliphatic heterocycles. The van der Waals surface area contributed by atoms with E-state index in [1.165, 1.54) is 11.3 Å². The van der Waals surface area contributed by atoms with Crippen LogP contribution in [0.25, 0.3) is 10.2 Å². The normalized spacial score (nSPS) is 10.8. The van der Waals surface area contributed by atoms with Gasteiger partial charge in [0.1, 0.15) is 11.5 Å². The number of hydrogen-bond acceptors (Lipinski definition) is 5. The van der Waals surface area contributed by atoms with Gasteiger partial charge in [0.2, 0.25) is 0 Å². The zero-order valence-corrected chi connectivity index (χ0v) is 14.9. The van der Waals surface area contributed by atoms with E-state index in [2.05, 4.69) is 36.8 Å². The van der Waals surface area contributed by atoms with Crippen molar-refractivity contribution >= 4 is 59.1 Å². The average Bonchev–Trinajstić information content (AvgIpc) is 2.83. The molecule has 0 fully saturated rings. The number of thiazole rings is 1. The average molecular weight is 430 g/mol. The summed E-state index contributed by atoms with van der Waals surface area (Å²) < 4.78 is 13.7. The molecular formula is C14H10Br2N2O2S. The van der Waals surface area contributed by atoms with Gasteiger partial charge in [0.05, 0.1) is 26.3 Å². The number of ether oxygens (including phenoxy) is 2. The van der Waals surface area contributed by atoms with Crippen LogP contribution in [-0.4, -0.2) is 12.1 Å². The molecule has 108 valence electrons. The largest absolute Gasteiger partial charge is 0.496 e. The van der Waals surface area contributed by atoms with E-state index in [0.29, 0.717) is 16.6 Å². The van der Waals surface area contributed by atoms with Gasteiger partial charge >= 0.3 is 0 Å². The van der Waals surface area contributed by atoms with Gasteiger partial charge < -0.3 is 15.2 Å². The molecule has 7 heteroatoms. The molecule has 1 heterocycles. The Morgan fingerprint density at radius 1 is 1.10 bits per heavy atom. The van der Waals surface area contributed by atoms with Crippen molar-refractivity contribution in [3.63, 3.8) is 0 Å². The minimum atomic E-state index is 0.563. The van der Waals surface area contributed by atoms with E-state index in [4.69, 9.17) is 15.2 Å². The van der Waals surface area contributed by atoms with Crippen LogP contribution >= 0.6 is 43.2 Å². The molecule has 2 N–H and O–H groups in total. The van der Waals surface area contributed by atoms with E-state index >= 15 is 0 Å². The number of halogens is 2. The van der Waals surface area contributed by atoms with Gasteiger partial charge in [-0.1, -0.05) is 11.3 Å². The van der Waals surface area contributed by atoms with E-state index in [9.17, 15) is 0 Å². The van der Waals surface area contributed by atoms with Crippen molar-refractivity contribution in [3.8, 4) is 16.7 Å². The Morgan fingerprint density at radius 2 is 1.81 bits per heavy atom. The number of benzene rings is 2. The van der Waals surface area contributed by atoms with Crippen molar-refractivity contribution in [2.45, 2.75) is 0 Å². The Labute approximate surface area is 142 Å². The molecule has 0 bridgehead atoms. The summed E-state index contributed by atoms with van der Waals surface area (Å²) in [6.45, 7) is 0. The molecule has 0 saturated carbocycles. The number of hydrogen-bond donors (Lipinski definition) is 1. The second-order valence-corrected chi connectivity index (χ2v) is 6.93. The summed E-state index contributed by atoms with van der Waals surface area (Å²) >= 11 is 8.36. The third kappa shape index (κ3) is 3.00. The Kier molecular flexibility index (Phi) is 4.05. The summed E-state index contributed by atoms with van der Waals surface area (Å²) in [4.78, 5) is 4.44. The van der Waals surface area contributed by atoms with E-state index < -0.39 is 0 Å². The maximum atomic E-state index is 5.85. The number of aromatic nitrogens is 1. The van der Waals surface area contributed by atoms with Crippen molar-refractivity contribution < 1.29 is 9.47 Å². The van der Waals surface area contributed by atoms with Crippen LogP contribution in [0.3, 0.4) is 0 Å². The number of nitrogen functional groups attached to an aromatic ring is 1. The minimum Gasteiger partial charge on any atom is -0.496 e. The molecule has 0 aliphatic carbocycles. The van der Waals surface area contributed by atoms with Crippen LogP contribution in [0.4, 0.5) is 5.69 Å². The fourth-order valence-corrected chi connectivity index (χ4v) is 3.57. The number of rotatable bonds is 3. The molecule has 0 saturated heterocycles. The SMILES string of the molecule is COc1cc(Br)c(Oc2nc3ccc(N)cc3s2)cc1Br. The molecule has 0 aliphatic rings. The molecule has 2 aromatic carbocycles. The van der Waals surface area contributed by atoms with Crippen molar-refractivity contribution in [1.29, 1.82) is 0 Å². The number of methoxy groups -OCH3 is 1. The van der Waals surface area contributed by atoms with Crippen LogP contribution in [0.5, 0.6) is 16.7 Å². The molecule has 0 radical (unpaired) electrons. The second-order valence-electron chi connectivity index (χ2n) is 4.23. The highest BCUT2D eigenvalue weighted by Gasteiger charge is 2.12. The highest BCUT2D eigenvalue weighted by molar-refractivity contribution is 9.11. The van der Waals surface area contributed by atoms with Crippen LogP contribution in [0.15, 0.2) is 39.3 Å². The lowest BCUT2D eigenvalue weighted by Crippen LogP contribution is -1.89. The van der Waals surface area contributed by atoms with E-state index in [1.807, 2.05) is 30.3 Å². The first-order chi connectivity index (χ1) is 10.1. The fourth-order valence-electron chi connectivity index (χ4n) is 1.80. The Hall–Kier alpha value is -1.31. The third-order valence-corrected chi connectivity index (χ3v) is 4.93. The Bertz CT molecular complexity index is 820. The summed E-state index contributed by atoms with van der Waals surface area (Å²) in [5.74, 6) is 1.39. The lowest BCUT2D eigenvalue weighted by Gasteiger charge is -2.08. The second kappa shape index (κ2) is 5.82. The number of fused-ring (bicyclic) bond motifs is 1. The van der Waals surface area contributed by atoms with Gasteiger partial charge in [0.25, 0.3) is 5.19 Å². The van der Waals surface area contributed by atoms with Crippen molar-refractivity contribution in [1.82, 2.24) is 4.98 Å². The number of nitrogens with zero attached hydrogens (tertiary/aromatic N) is 1. The van der Waals surface area contributed by atoms with E-state index in [1.54, 1.807) is 7.11 Å².